The monoisotopic (exact) mass is 345 g/mol. The predicted molar refractivity (Wildman–Crippen MR) is 106 cm³/mol. The summed E-state index contributed by atoms with van der Waals surface area (Å²) in [5, 5.41) is 3.31. The third-order valence-electron chi connectivity index (χ3n) is 6.09. The zero-order valence-corrected chi connectivity index (χ0v) is 15.3. The summed E-state index contributed by atoms with van der Waals surface area (Å²) < 4.78 is 0. The van der Waals surface area contributed by atoms with Gasteiger partial charge in [0, 0.05) is 5.57 Å². The number of rotatable bonds is 4. The van der Waals surface area contributed by atoms with Crippen LogP contribution in [0.15, 0.2) is 72.3 Å². The Morgan fingerprint density at radius 1 is 0.846 bits per heavy atom. The van der Waals surface area contributed by atoms with E-state index in [-0.39, 0.29) is 11.9 Å². The Labute approximate surface area is 156 Å². The lowest BCUT2D eigenvalue weighted by atomic mass is 9.72. The van der Waals surface area contributed by atoms with Gasteiger partial charge in [-0.25, -0.2) is 0 Å². The molecule has 2 aromatic rings. The number of hydrogen-bond acceptors (Lipinski definition) is 1. The first-order valence-corrected chi connectivity index (χ1v) is 9.86. The van der Waals surface area contributed by atoms with Crippen LogP contribution in [0.25, 0.3) is 0 Å². The fourth-order valence-electron chi connectivity index (χ4n) is 4.62. The molecule has 4 rings (SSSR count). The molecule has 0 unspecified atom stereocenters. The molecule has 1 saturated carbocycles. The molecule has 0 saturated heterocycles. The van der Waals surface area contributed by atoms with E-state index in [1.165, 1.54) is 32.1 Å². The Kier molecular flexibility index (Phi) is 4.92. The van der Waals surface area contributed by atoms with Crippen LogP contribution in [0.5, 0.6) is 0 Å². The zero-order valence-electron chi connectivity index (χ0n) is 15.3. The lowest BCUT2D eigenvalue weighted by Crippen LogP contribution is -2.31. The van der Waals surface area contributed by atoms with E-state index in [0.29, 0.717) is 5.41 Å². The molecule has 2 nitrogen and oxygen atoms in total. The van der Waals surface area contributed by atoms with E-state index in [2.05, 4.69) is 35.7 Å². The van der Waals surface area contributed by atoms with Crippen LogP contribution in [0.1, 0.15) is 62.1 Å². The molecule has 0 radical (unpaired) electrons. The summed E-state index contributed by atoms with van der Waals surface area (Å²) >= 11 is 0. The molecule has 26 heavy (non-hydrogen) atoms. The first kappa shape index (κ1) is 17.1. The molecule has 2 heteroatoms. The number of carbonyl (C=O) groups is 1. The highest BCUT2D eigenvalue weighted by Gasteiger charge is 2.37. The van der Waals surface area contributed by atoms with Gasteiger partial charge in [-0.3, -0.25) is 4.79 Å². The number of nitrogens with one attached hydrogen (secondary N) is 1. The molecule has 0 bridgehead atoms. The minimum absolute atomic E-state index is 0.102. The van der Waals surface area contributed by atoms with Crippen LogP contribution in [0, 0.1) is 5.41 Å². The van der Waals surface area contributed by atoms with Crippen molar-refractivity contribution in [3.8, 4) is 0 Å². The molecule has 1 N–H and O–H groups in total. The molecule has 134 valence electrons. The first-order valence-electron chi connectivity index (χ1n) is 9.86. The third-order valence-corrected chi connectivity index (χ3v) is 6.09. The van der Waals surface area contributed by atoms with E-state index < -0.39 is 0 Å². The second kappa shape index (κ2) is 7.49. The van der Waals surface area contributed by atoms with Gasteiger partial charge in [0.15, 0.2) is 0 Å². The summed E-state index contributed by atoms with van der Waals surface area (Å²) in [6.45, 7) is 0. The third kappa shape index (κ3) is 3.60. The minimum atomic E-state index is -0.103. The maximum Gasteiger partial charge on any atom is 0.247 e. The number of hydrogen-bond donors (Lipinski definition) is 1. The van der Waals surface area contributed by atoms with Gasteiger partial charge in [0.25, 0.3) is 0 Å². The van der Waals surface area contributed by atoms with Crippen LogP contribution in [0.3, 0.4) is 0 Å². The van der Waals surface area contributed by atoms with Crippen LogP contribution < -0.4 is 5.32 Å². The van der Waals surface area contributed by atoms with Gasteiger partial charge in [-0.2, -0.15) is 0 Å². The predicted octanol–water partition coefficient (Wildman–Crippen LogP) is 5.56. The van der Waals surface area contributed by atoms with E-state index in [9.17, 15) is 4.79 Å². The molecular formula is C24H27NO. The SMILES string of the molecule is O=C(NC(c1ccccc1)c1ccccc1)C1=CCC2(CCCCC2)C1. The molecule has 2 aromatic carbocycles. The Balaban J connectivity index is 1.52. The fraction of sp³-hybridized carbons (Fsp3) is 0.375. The molecule has 0 aromatic heterocycles. The quantitative estimate of drug-likeness (QED) is 0.772. The van der Waals surface area contributed by atoms with Gasteiger partial charge in [-0.1, -0.05) is 86.0 Å². The molecule has 1 spiro atoms. The van der Waals surface area contributed by atoms with E-state index in [4.69, 9.17) is 0 Å². The van der Waals surface area contributed by atoms with E-state index >= 15 is 0 Å². The van der Waals surface area contributed by atoms with Gasteiger partial charge in [0.05, 0.1) is 6.04 Å². The highest BCUT2D eigenvalue weighted by atomic mass is 16.1. The van der Waals surface area contributed by atoms with Gasteiger partial charge < -0.3 is 5.32 Å². The Morgan fingerprint density at radius 3 is 2.00 bits per heavy atom. The molecular weight excluding hydrogens is 318 g/mol. The zero-order chi connectivity index (χ0) is 17.8. The standard InChI is InChI=1S/C24H27NO/c26-23(21-14-17-24(18-21)15-8-3-9-16-24)25-22(19-10-4-1-5-11-19)20-12-6-2-7-13-20/h1-2,4-7,10-14,22H,3,8-9,15-18H2,(H,25,26). The lowest BCUT2D eigenvalue weighted by Gasteiger charge is -2.33. The summed E-state index contributed by atoms with van der Waals surface area (Å²) in [7, 11) is 0. The highest BCUT2D eigenvalue weighted by molar-refractivity contribution is 5.94. The lowest BCUT2D eigenvalue weighted by molar-refractivity contribution is -0.118. The Hall–Kier alpha value is -2.35. The van der Waals surface area contributed by atoms with Crippen LogP contribution in [-0.4, -0.2) is 5.91 Å². The average Bonchev–Trinajstić information content (AvgIpc) is 3.11. The summed E-state index contributed by atoms with van der Waals surface area (Å²) in [5.41, 5.74) is 3.61. The molecule has 2 aliphatic rings. The van der Waals surface area contributed by atoms with Crippen molar-refractivity contribution in [2.24, 2.45) is 5.41 Å². The van der Waals surface area contributed by atoms with Gasteiger partial charge in [0.1, 0.15) is 0 Å². The van der Waals surface area contributed by atoms with Crippen molar-refractivity contribution in [1.29, 1.82) is 0 Å². The van der Waals surface area contributed by atoms with Crippen LogP contribution in [0.2, 0.25) is 0 Å². The molecule has 0 atom stereocenters. The Bertz CT molecular complexity index is 733. The van der Waals surface area contributed by atoms with Crippen molar-refractivity contribution in [2.45, 2.75) is 51.0 Å². The maximum atomic E-state index is 13.0. The molecule has 1 fully saturated rings. The number of amides is 1. The van der Waals surface area contributed by atoms with E-state index in [1.54, 1.807) is 0 Å². The summed E-state index contributed by atoms with van der Waals surface area (Å²) in [4.78, 5) is 13.0. The van der Waals surface area contributed by atoms with Crippen LogP contribution >= 0.6 is 0 Å². The summed E-state index contributed by atoms with van der Waals surface area (Å²) in [6.07, 6.45) is 10.8. The second-order valence-corrected chi connectivity index (χ2v) is 7.90. The largest absolute Gasteiger partial charge is 0.341 e. The summed E-state index contributed by atoms with van der Waals surface area (Å²) in [6, 6.07) is 20.4. The Morgan fingerprint density at radius 2 is 1.42 bits per heavy atom. The van der Waals surface area contributed by atoms with Crippen LogP contribution in [0.4, 0.5) is 0 Å². The molecule has 1 amide bonds. The smallest absolute Gasteiger partial charge is 0.247 e. The van der Waals surface area contributed by atoms with Crippen molar-refractivity contribution in [3.63, 3.8) is 0 Å². The van der Waals surface area contributed by atoms with Crippen LogP contribution in [-0.2, 0) is 4.79 Å². The van der Waals surface area contributed by atoms with Crippen molar-refractivity contribution in [1.82, 2.24) is 5.32 Å². The van der Waals surface area contributed by atoms with Crippen molar-refractivity contribution >= 4 is 5.91 Å². The van der Waals surface area contributed by atoms with Crippen molar-refractivity contribution in [3.05, 3.63) is 83.4 Å². The highest BCUT2D eigenvalue weighted by Crippen LogP contribution is 2.48. The molecule has 2 aliphatic carbocycles. The number of benzene rings is 2. The minimum Gasteiger partial charge on any atom is -0.341 e. The number of carbonyl (C=O) groups excluding carboxylic acids is 1. The van der Waals surface area contributed by atoms with E-state index in [0.717, 1.165) is 29.5 Å². The van der Waals surface area contributed by atoms with Gasteiger partial charge in [-0.05, 0) is 42.2 Å². The topological polar surface area (TPSA) is 29.1 Å². The van der Waals surface area contributed by atoms with E-state index in [1.807, 2.05) is 36.4 Å². The fourth-order valence-corrected chi connectivity index (χ4v) is 4.62. The second-order valence-electron chi connectivity index (χ2n) is 7.90. The molecule has 0 heterocycles. The van der Waals surface area contributed by atoms with Gasteiger partial charge >= 0.3 is 0 Å². The maximum absolute atomic E-state index is 13.0. The van der Waals surface area contributed by atoms with Gasteiger partial charge in [0.2, 0.25) is 5.91 Å². The van der Waals surface area contributed by atoms with Crippen molar-refractivity contribution < 1.29 is 4.79 Å². The number of allylic oxidation sites excluding steroid dienone is 1. The van der Waals surface area contributed by atoms with Crippen molar-refractivity contribution in [2.75, 3.05) is 0 Å². The normalized spacial score (nSPS) is 18.7. The first-order chi connectivity index (χ1) is 12.8. The average molecular weight is 345 g/mol. The van der Waals surface area contributed by atoms with Gasteiger partial charge in [-0.15, -0.1) is 0 Å². The molecule has 0 aliphatic heterocycles. The summed E-state index contributed by atoms with van der Waals surface area (Å²) in [5.74, 6) is 0.102.